The third kappa shape index (κ3) is 1.99. The van der Waals surface area contributed by atoms with E-state index in [4.69, 9.17) is 0 Å². The molecule has 0 amide bonds. The van der Waals surface area contributed by atoms with Crippen molar-refractivity contribution in [2.45, 2.75) is 51.2 Å². The van der Waals surface area contributed by atoms with Crippen molar-refractivity contribution in [2.24, 2.45) is 0 Å². The fraction of sp³-hybridized carbons (Fsp3) is 1.00. The van der Waals surface area contributed by atoms with Crippen molar-refractivity contribution in [1.29, 1.82) is 0 Å². The lowest BCUT2D eigenvalue weighted by atomic mass is 10.2. The van der Waals surface area contributed by atoms with E-state index in [9.17, 15) is 0 Å². The molecule has 2 fully saturated rings. The lowest BCUT2D eigenvalue weighted by Gasteiger charge is -2.21. The van der Waals surface area contributed by atoms with Crippen molar-refractivity contribution in [3.05, 3.63) is 0 Å². The second-order valence-corrected chi connectivity index (χ2v) is 4.48. The fourth-order valence-electron chi connectivity index (χ4n) is 2.20. The summed E-state index contributed by atoms with van der Waals surface area (Å²) in [4.78, 5) is 2.67. The highest BCUT2D eigenvalue weighted by molar-refractivity contribution is 4.89. The highest BCUT2D eigenvalue weighted by Gasteiger charge is 2.31. The smallest absolute Gasteiger partial charge is 0.0169 e. The Morgan fingerprint density at radius 2 is 1.83 bits per heavy atom. The standard InChI is InChI=1S/C10H20N2/c1-8-5-6-12(10-3-4-10)7-9(2)11-8/h8-11H,3-7H2,1-2H3. The molecular formula is C10H20N2. The molecule has 1 saturated heterocycles. The number of nitrogens with one attached hydrogen (secondary N) is 1. The van der Waals surface area contributed by atoms with E-state index in [1.165, 1.54) is 32.4 Å². The molecule has 2 heteroatoms. The van der Waals surface area contributed by atoms with Gasteiger partial charge in [0.05, 0.1) is 0 Å². The topological polar surface area (TPSA) is 15.3 Å². The van der Waals surface area contributed by atoms with Gasteiger partial charge >= 0.3 is 0 Å². The van der Waals surface area contributed by atoms with E-state index >= 15 is 0 Å². The number of hydrogen-bond acceptors (Lipinski definition) is 2. The van der Waals surface area contributed by atoms with Crippen LogP contribution in [0.3, 0.4) is 0 Å². The number of hydrogen-bond donors (Lipinski definition) is 1. The molecule has 0 aromatic heterocycles. The predicted octanol–water partition coefficient (Wildman–Crippen LogP) is 1.22. The molecule has 70 valence electrons. The zero-order valence-corrected chi connectivity index (χ0v) is 8.21. The maximum absolute atomic E-state index is 3.61. The van der Waals surface area contributed by atoms with Crippen molar-refractivity contribution >= 4 is 0 Å². The normalized spacial score (nSPS) is 39.5. The highest BCUT2D eigenvalue weighted by Crippen LogP contribution is 2.27. The van der Waals surface area contributed by atoms with Crippen molar-refractivity contribution in [2.75, 3.05) is 13.1 Å². The zero-order valence-electron chi connectivity index (χ0n) is 8.21. The van der Waals surface area contributed by atoms with Crippen LogP contribution in [0, 0.1) is 0 Å². The Hall–Kier alpha value is -0.0800. The Labute approximate surface area is 75.3 Å². The molecule has 0 aromatic carbocycles. The van der Waals surface area contributed by atoms with E-state index in [1.54, 1.807) is 0 Å². The van der Waals surface area contributed by atoms with Crippen LogP contribution in [0.5, 0.6) is 0 Å². The van der Waals surface area contributed by atoms with Crippen LogP contribution in [0.1, 0.15) is 33.1 Å². The van der Waals surface area contributed by atoms with Crippen molar-refractivity contribution in [1.82, 2.24) is 10.2 Å². The molecule has 1 N–H and O–H groups in total. The minimum Gasteiger partial charge on any atom is -0.310 e. The molecule has 1 aliphatic heterocycles. The Kier molecular flexibility index (Phi) is 2.37. The summed E-state index contributed by atoms with van der Waals surface area (Å²) in [7, 11) is 0. The lowest BCUT2D eigenvalue weighted by molar-refractivity contribution is 0.262. The van der Waals surface area contributed by atoms with E-state index < -0.39 is 0 Å². The average Bonchev–Trinajstić information content (AvgIpc) is 2.76. The largest absolute Gasteiger partial charge is 0.310 e. The summed E-state index contributed by atoms with van der Waals surface area (Å²) in [5.74, 6) is 0. The summed E-state index contributed by atoms with van der Waals surface area (Å²) >= 11 is 0. The van der Waals surface area contributed by atoms with Gasteiger partial charge in [-0.05, 0) is 39.7 Å². The van der Waals surface area contributed by atoms with E-state index in [1.807, 2.05) is 0 Å². The first-order valence-electron chi connectivity index (χ1n) is 5.26. The summed E-state index contributed by atoms with van der Waals surface area (Å²) in [6.45, 7) is 7.17. The third-order valence-corrected chi connectivity index (χ3v) is 2.99. The molecule has 2 atom stereocenters. The summed E-state index contributed by atoms with van der Waals surface area (Å²) in [5, 5.41) is 3.61. The predicted molar refractivity (Wildman–Crippen MR) is 51.3 cm³/mol. The Bertz CT molecular complexity index is 154. The molecule has 12 heavy (non-hydrogen) atoms. The number of nitrogens with zero attached hydrogens (tertiary/aromatic N) is 1. The van der Waals surface area contributed by atoms with Crippen molar-refractivity contribution in [3.63, 3.8) is 0 Å². The Morgan fingerprint density at radius 1 is 1.08 bits per heavy atom. The summed E-state index contributed by atoms with van der Waals surface area (Å²) < 4.78 is 0. The van der Waals surface area contributed by atoms with E-state index in [0.717, 1.165) is 6.04 Å². The van der Waals surface area contributed by atoms with E-state index in [0.29, 0.717) is 12.1 Å². The monoisotopic (exact) mass is 168 g/mol. The van der Waals surface area contributed by atoms with Crippen LogP contribution in [-0.2, 0) is 0 Å². The lowest BCUT2D eigenvalue weighted by Crippen LogP contribution is -2.38. The maximum atomic E-state index is 3.61. The van der Waals surface area contributed by atoms with E-state index in [2.05, 4.69) is 24.1 Å². The number of rotatable bonds is 1. The van der Waals surface area contributed by atoms with Gasteiger partial charge in [-0.3, -0.25) is 4.90 Å². The quantitative estimate of drug-likeness (QED) is 0.633. The van der Waals surface area contributed by atoms with Crippen LogP contribution in [0.25, 0.3) is 0 Å². The molecule has 2 aliphatic rings. The van der Waals surface area contributed by atoms with Gasteiger partial charge in [0, 0.05) is 24.7 Å². The van der Waals surface area contributed by atoms with Crippen LogP contribution in [0.15, 0.2) is 0 Å². The molecule has 0 spiro atoms. The first kappa shape index (κ1) is 8.52. The zero-order chi connectivity index (χ0) is 8.55. The van der Waals surface area contributed by atoms with Crippen LogP contribution in [0.2, 0.25) is 0 Å². The molecule has 2 nitrogen and oxygen atoms in total. The van der Waals surface area contributed by atoms with Gasteiger partial charge in [0.2, 0.25) is 0 Å². The Morgan fingerprint density at radius 3 is 2.50 bits per heavy atom. The SMILES string of the molecule is CC1CCN(C2CC2)CC(C)N1. The summed E-state index contributed by atoms with van der Waals surface area (Å²) in [6.07, 6.45) is 4.21. The fourth-order valence-corrected chi connectivity index (χ4v) is 2.20. The molecule has 1 heterocycles. The molecule has 0 radical (unpaired) electrons. The molecule has 2 rings (SSSR count). The molecular weight excluding hydrogens is 148 g/mol. The summed E-state index contributed by atoms with van der Waals surface area (Å²) in [5.41, 5.74) is 0. The van der Waals surface area contributed by atoms with Gasteiger partial charge in [-0.2, -0.15) is 0 Å². The van der Waals surface area contributed by atoms with Crippen LogP contribution in [-0.4, -0.2) is 36.1 Å². The molecule has 2 unspecified atom stereocenters. The first-order chi connectivity index (χ1) is 5.75. The summed E-state index contributed by atoms with van der Waals surface area (Å²) in [6, 6.07) is 2.34. The van der Waals surface area contributed by atoms with Gasteiger partial charge in [0.1, 0.15) is 0 Å². The molecule has 0 bridgehead atoms. The molecule has 0 aromatic rings. The molecule has 1 aliphatic carbocycles. The Balaban J connectivity index is 1.89. The van der Waals surface area contributed by atoms with Gasteiger partial charge in [-0.15, -0.1) is 0 Å². The van der Waals surface area contributed by atoms with Crippen molar-refractivity contribution < 1.29 is 0 Å². The highest BCUT2D eigenvalue weighted by atomic mass is 15.2. The van der Waals surface area contributed by atoms with Crippen LogP contribution < -0.4 is 5.32 Å². The maximum Gasteiger partial charge on any atom is 0.0169 e. The second kappa shape index (κ2) is 3.35. The molecule has 1 saturated carbocycles. The van der Waals surface area contributed by atoms with Gasteiger partial charge in [-0.25, -0.2) is 0 Å². The van der Waals surface area contributed by atoms with Crippen LogP contribution >= 0.6 is 0 Å². The van der Waals surface area contributed by atoms with Crippen LogP contribution in [0.4, 0.5) is 0 Å². The first-order valence-corrected chi connectivity index (χ1v) is 5.26. The minimum atomic E-state index is 0.683. The minimum absolute atomic E-state index is 0.683. The van der Waals surface area contributed by atoms with Gasteiger partial charge in [0.15, 0.2) is 0 Å². The van der Waals surface area contributed by atoms with Crippen molar-refractivity contribution in [3.8, 4) is 0 Å². The van der Waals surface area contributed by atoms with Gasteiger partial charge < -0.3 is 5.32 Å². The van der Waals surface area contributed by atoms with E-state index in [-0.39, 0.29) is 0 Å². The second-order valence-electron chi connectivity index (χ2n) is 4.48. The van der Waals surface area contributed by atoms with Gasteiger partial charge in [0.25, 0.3) is 0 Å². The average molecular weight is 168 g/mol. The van der Waals surface area contributed by atoms with Gasteiger partial charge in [-0.1, -0.05) is 0 Å². The third-order valence-electron chi connectivity index (χ3n) is 2.99.